The van der Waals surface area contributed by atoms with Gasteiger partial charge in [0.05, 0.1) is 5.56 Å². The summed E-state index contributed by atoms with van der Waals surface area (Å²) in [5, 5.41) is 3.52. The molecule has 2 fully saturated rings. The molecule has 5 rings (SSSR count). The topological polar surface area (TPSA) is 79.2 Å². The molecule has 1 unspecified atom stereocenters. The minimum Gasteiger partial charge on any atom is -0.444 e. The fraction of sp³-hybridized carbons (Fsp3) is 0.444. The zero-order valence-electron chi connectivity index (χ0n) is 20.7. The van der Waals surface area contributed by atoms with E-state index in [2.05, 4.69) is 10.2 Å². The van der Waals surface area contributed by atoms with Crippen molar-refractivity contribution in [2.75, 3.05) is 36.4 Å². The lowest BCUT2D eigenvalue weighted by Gasteiger charge is -2.24. The van der Waals surface area contributed by atoms with E-state index in [0.717, 1.165) is 49.4 Å². The van der Waals surface area contributed by atoms with Crippen molar-refractivity contribution >= 4 is 23.2 Å². The van der Waals surface area contributed by atoms with Gasteiger partial charge in [-0.15, -0.1) is 0 Å². The van der Waals surface area contributed by atoms with Crippen LogP contribution in [0.5, 0.6) is 0 Å². The van der Waals surface area contributed by atoms with Gasteiger partial charge < -0.3 is 19.9 Å². The molecule has 1 amide bonds. The molecule has 2 aromatic heterocycles. The van der Waals surface area contributed by atoms with Gasteiger partial charge in [-0.2, -0.15) is 0 Å². The summed E-state index contributed by atoms with van der Waals surface area (Å²) in [7, 11) is 0. The molecule has 0 saturated carbocycles. The first-order chi connectivity index (χ1) is 16.8. The Labute approximate surface area is 205 Å². The van der Waals surface area contributed by atoms with E-state index in [9.17, 15) is 9.59 Å². The number of ether oxygens (including phenoxy) is 1. The van der Waals surface area contributed by atoms with Crippen LogP contribution in [0.4, 0.5) is 16.3 Å². The maximum absolute atomic E-state index is 13.5. The molecule has 35 heavy (non-hydrogen) atoms. The van der Waals surface area contributed by atoms with Crippen LogP contribution in [0.25, 0.3) is 16.8 Å². The molecule has 2 aliphatic rings. The molecule has 0 aliphatic carbocycles. The Morgan fingerprint density at radius 3 is 2.51 bits per heavy atom. The lowest BCUT2D eigenvalue weighted by atomic mass is 10.1. The summed E-state index contributed by atoms with van der Waals surface area (Å²) >= 11 is 0. The average Bonchev–Trinajstić information content (AvgIpc) is 3.51. The summed E-state index contributed by atoms with van der Waals surface area (Å²) < 4.78 is 7.11. The summed E-state index contributed by atoms with van der Waals surface area (Å²) in [6.07, 6.45) is 4.58. The third-order valence-corrected chi connectivity index (χ3v) is 6.50. The summed E-state index contributed by atoms with van der Waals surface area (Å²) in [5.41, 5.74) is 2.57. The van der Waals surface area contributed by atoms with Gasteiger partial charge in [0.25, 0.3) is 5.56 Å². The highest BCUT2D eigenvalue weighted by atomic mass is 16.6. The lowest BCUT2D eigenvalue weighted by Crippen LogP contribution is -2.36. The molecular formula is C27H33N5O3. The molecule has 2 aliphatic heterocycles. The molecule has 0 radical (unpaired) electrons. The van der Waals surface area contributed by atoms with Crippen molar-refractivity contribution in [3.8, 4) is 11.1 Å². The summed E-state index contributed by atoms with van der Waals surface area (Å²) in [6, 6.07) is 13.7. The fourth-order valence-electron chi connectivity index (χ4n) is 4.83. The molecule has 1 aromatic carbocycles. The van der Waals surface area contributed by atoms with E-state index >= 15 is 0 Å². The number of amides is 1. The highest BCUT2D eigenvalue weighted by Gasteiger charge is 2.30. The van der Waals surface area contributed by atoms with E-state index in [1.165, 1.54) is 0 Å². The second kappa shape index (κ2) is 9.24. The van der Waals surface area contributed by atoms with Gasteiger partial charge >= 0.3 is 6.09 Å². The molecule has 1 atom stereocenters. The van der Waals surface area contributed by atoms with Crippen molar-refractivity contribution in [3.05, 3.63) is 59.0 Å². The lowest BCUT2D eigenvalue weighted by molar-refractivity contribution is 0.0293. The number of fused-ring (bicyclic) bond motifs is 1. The Bertz CT molecular complexity index is 1270. The zero-order valence-corrected chi connectivity index (χ0v) is 20.7. The third kappa shape index (κ3) is 4.97. The largest absolute Gasteiger partial charge is 0.444 e. The number of hydrogen-bond donors (Lipinski definition) is 1. The molecule has 3 aromatic rings. The predicted octanol–water partition coefficient (Wildman–Crippen LogP) is 4.38. The van der Waals surface area contributed by atoms with Gasteiger partial charge in [0.2, 0.25) is 0 Å². The van der Waals surface area contributed by atoms with Crippen LogP contribution in [-0.4, -0.2) is 58.2 Å². The van der Waals surface area contributed by atoms with Crippen LogP contribution < -0.4 is 15.8 Å². The Morgan fingerprint density at radius 2 is 1.80 bits per heavy atom. The van der Waals surface area contributed by atoms with Gasteiger partial charge in [-0.05, 0) is 69.9 Å². The van der Waals surface area contributed by atoms with Crippen LogP contribution in [0.1, 0.15) is 40.0 Å². The van der Waals surface area contributed by atoms with Gasteiger partial charge in [0.15, 0.2) is 0 Å². The molecule has 4 heterocycles. The smallest absolute Gasteiger partial charge is 0.410 e. The molecule has 2 saturated heterocycles. The maximum Gasteiger partial charge on any atom is 0.410 e. The minimum absolute atomic E-state index is 0.0537. The van der Waals surface area contributed by atoms with Crippen molar-refractivity contribution in [1.29, 1.82) is 0 Å². The first-order valence-corrected chi connectivity index (χ1v) is 12.4. The number of nitrogens with one attached hydrogen (secondary N) is 1. The van der Waals surface area contributed by atoms with Gasteiger partial charge in [-0.25, -0.2) is 9.78 Å². The van der Waals surface area contributed by atoms with Crippen molar-refractivity contribution in [3.63, 3.8) is 0 Å². The SMILES string of the molecule is CC(C)(C)OC(=O)N1CCC(Nc2ccc(-c3c(N4CCCC4)nc4ccccn4c3=O)cc2)C1. The molecular weight excluding hydrogens is 442 g/mol. The quantitative estimate of drug-likeness (QED) is 0.603. The Hall–Kier alpha value is -3.55. The van der Waals surface area contributed by atoms with Crippen molar-refractivity contribution in [2.24, 2.45) is 0 Å². The van der Waals surface area contributed by atoms with Crippen molar-refractivity contribution < 1.29 is 9.53 Å². The van der Waals surface area contributed by atoms with Crippen LogP contribution in [-0.2, 0) is 4.74 Å². The van der Waals surface area contributed by atoms with Crippen molar-refractivity contribution in [1.82, 2.24) is 14.3 Å². The van der Waals surface area contributed by atoms with Gasteiger partial charge in [-0.1, -0.05) is 18.2 Å². The second-order valence-corrected chi connectivity index (χ2v) is 10.4. The molecule has 1 N–H and O–H groups in total. The highest BCUT2D eigenvalue weighted by molar-refractivity contribution is 5.78. The number of aromatic nitrogens is 2. The monoisotopic (exact) mass is 475 g/mol. The predicted molar refractivity (Wildman–Crippen MR) is 138 cm³/mol. The number of nitrogens with zero attached hydrogens (tertiary/aromatic N) is 4. The van der Waals surface area contributed by atoms with E-state index in [0.29, 0.717) is 24.3 Å². The fourth-order valence-corrected chi connectivity index (χ4v) is 4.83. The van der Waals surface area contributed by atoms with Crippen LogP contribution >= 0.6 is 0 Å². The summed E-state index contributed by atoms with van der Waals surface area (Å²) in [5.74, 6) is 0.767. The normalized spacial score (nSPS) is 18.3. The van der Waals surface area contributed by atoms with E-state index in [4.69, 9.17) is 9.72 Å². The third-order valence-electron chi connectivity index (χ3n) is 6.50. The summed E-state index contributed by atoms with van der Waals surface area (Å²) in [4.78, 5) is 34.7. The van der Waals surface area contributed by atoms with Gasteiger partial charge in [0, 0.05) is 44.1 Å². The van der Waals surface area contributed by atoms with Gasteiger partial charge in [-0.3, -0.25) is 9.20 Å². The first-order valence-electron chi connectivity index (χ1n) is 12.4. The summed E-state index contributed by atoms with van der Waals surface area (Å²) in [6.45, 7) is 8.74. The number of carbonyl (C=O) groups excluding carboxylic acids is 1. The van der Waals surface area contributed by atoms with E-state index < -0.39 is 5.60 Å². The van der Waals surface area contributed by atoms with Crippen LogP contribution in [0.2, 0.25) is 0 Å². The number of likely N-dealkylation sites (tertiary alicyclic amines) is 1. The van der Waals surface area contributed by atoms with Crippen LogP contribution in [0, 0.1) is 0 Å². The van der Waals surface area contributed by atoms with Crippen molar-refractivity contribution in [2.45, 2.75) is 51.7 Å². The minimum atomic E-state index is -0.497. The molecule has 0 spiro atoms. The van der Waals surface area contributed by atoms with Crippen LogP contribution in [0.3, 0.4) is 0 Å². The highest BCUT2D eigenvalue weighted by Crippen LogP contribution is 2.30. The molecule has 0 bridgehead atoms. The maximum atomic E-state index is 13.5. The number of benzene rings is 1. The number of anilines is 2. The zero-order chi connectivity index (χ0) is 24.6. The first kappa shape index (κ1) is 23.2. The van der Waals surface area contributed by atoms with E-state index in [1.807, 2.05) is 63.2 Å². The Kier molecular flexibility index (Phi) is 6.13. The number of carbonyl (C=O) groups is 1. The average molecular weight is 476 g/mol. The number of rotatable bonds is 4. The molecule has 8 nitrogen and oxygen atoms in total. The van der Waals surface area contributed by atoms with Gasteiger partial charge in [0.1, 0.15) is 17.1 Å². The number of hydrogen-bond acceptors (Lipinski definition) is 6. The van der Waals surface area contributed by atoms with E-state index in [1.54, 1.807) is 15.5 Å². The number of pyridine rings is 1. The van der Waals surface area contributed by atoms with E-state index in [-0.39, 0.29) is 17.7 Å². The Morgan fingerprint density at radius 1 is 1.06 bits per heavy atom. The second-order valence-electron chi connectivity index (χ2n) is 10.4. The molecule has 184 valence electrons. The van der Waals surface area contributed by atoms with Crippen LogP contribution in [0.15, 0.2) is 53.5 Å². The molecule has 8 heteroatoms. The Balaban J connectivity index is 1.36. The standard InChI is InChI=1S/C27H33N5O3/c1-27(2,3)35-26(34)31-17-13-21(18-31)28-20-11-9-19(10-12-20)23-24(30-14-6-7-15-30)29-22-8-4-5-16-32(22)25(23)33/h4-5,8-12,16,21,28H,6-7,13-15,17-18H2,1-3H3.